The van der Waals surface area contributed by atoms with Gasteiger partial charge in [0.05, 0.1) is 57.7 Å². The van der Waals surface area contributed by atoms with Gasteiger partial charge in [0.1, 0.15) is 0 Å². The monoisotopic (exact) mass is 657 g/mol. The number of nitrogens with zero attached hydrogens (tertiary/aromatic N) is 5. The Balaban J connectivity index is 1.37. The summed E-state index contributed by atoms with van der Waals surface area (Å²) in [6.45, 7) is 7.57. The zero-order valence-corrected chi connectivity index (χ0v) is 27.5. The molecule has 0 aliphatic carbocycles. The minimum Gasteiger partial charge on any atom is -0.310 e. The first-order chi connectivity index (χ1) is 24.7. The number of fused-ring (bicyclic) bond motifs is 5. The van der Waals surface area contributed by atoms with Gasteiger partial charge in [0.15, 0.2) is 5.69 Å². The van der Waals surface area contributed by atoms with Crippen molar-refractivity contribution in [2.75, 3.05) is 9.80 Å². The van der Waals surface area contributed by atoms with Crippen LogP contribution < -0.4 is 9.80 Å². The topological polar surface area (TPSA) is 39.6 Å². The highest BCUT2D eigenvalue weighted by Gasteiger charge is 2.27. The smallest absolute Gasteiger partial charge is 0.187 e. The predicted octanol–water partition coefficient (Wildman–Crippen LogP) is 12.6. The zero-order valence-electron chi connectivity index (χ0n) is 26.7. The number of anilines is 6. The van der Waals surface area contributed by atoms with E-state index in [1.54, 1.807) is 11.8 Å². The molecule has 50 heavy (non-hydrogen) atoms. The fraction of sp³-hybridized carbons (Fsp3) is 0. The molecule has 0 N–H and O–H groups in total. The van der Waals surface area contributed by atoms with Crippen LogP contribution in [0.15, 0.2) is 174 Å². The van der Waals surface area contributed by atoms with Crippen molar-refractivity contribution >= 4 is 73.4 Å². The fourth-order valence-corrected chi connectivity index (χ4v) is 8.02. The van der Waals surface area contributed by atoms with E-state index in [-0.39, 0.29) is 0 Å². The van der Waals surface area contributed by atoms with Crippen molar-refractivity contribution in [3.05, 3.63) is 181 Å². The summed E-state index contributed by atoms with van der Waals surface area (Å²) in [7, 11) is 0. The molecular weight excluding hydrogens is 631 g/mol. The molecule has 0 amide bonds. The molecule has 0 fully saturated rings. The van der Waals surface area contributed by atoms with Crippen LogP contribution in [-0.2, 0) is 0 Å². The van der Waals surface area contributed by atoms with Crippen LogP contribution >= 0.6 is 11.8 Å². The third-order valence-corrected chi connectivity index (χ3v) is 10.3. The lowest BCUT2D eigenvalue weighted by atomic mass is 10.1. The molecule has 1 aliphatic heterocycles. The summed E-state index contributed by atoms with van der Waals surface area (Å²) < 4.78 is 2.35. The molecular formula is C44H27N5S. The molecule has 1 aliphatic rings. The molecule has 5 nitrogen and oxygen atoms in total. The van der Waals surface area contributed by atoms with Gasteiger partial charge in [-0.2, -0.15) is 5.26 Å². The van der Waals surface area contributed by atoms with E-state index in [0.29, 0.717) is 11.3 Å². The first-order valence-corrected chi connectivity index (χ1v) is 17.1. The lowest BCUT2D eigenvalue weighted by Crippen LogP contribution is -2.17. The molecule has 7 aromatic carbocycles. The third-order valence-electron chi connectivity index (χ3n) is 9.17. The van der Waals surface area contributed by atoms with Gasteiger partial charge in [-0.1, -0.05) is 84.6 Å². The Morgan fingerprint density at radius 3 is 1.66 bits per heavy atom. The Kier molecular flexibility index (Phi) is 7.09. The molecule has 2 heterocycles. The molecule has 0 unspecified atom stereocenters. The maximum atomic E-state index is 9.61. The summed E-state index contributed by atoms with van der Waals surface area (Å²) in [4.78, 5) is 10.6. The van der Waals surface area contributed by atoms with Gasteiger partial charge in [-0.3, -0.25) is 0 Å². The highest BCUT2D eigenvalue weighted by molar-refractivity contribution is 7.99. The van der Waals surface area contributed by atoms with Crippen LogP contribution in [0.4, 0.5) is 39.8 Å². The van der Waals surface area contributed by atoms with E-state index in [9.17, 15) is 5.26 Å². The molecule has 1 aromatic heterocycles. The van der Waals surface area contributed by atoms with Crippen LogP contribution in [0.1, 0.15) is 5.56 Å². The van der Waals surface area contributed by atoms with Crippen molar-refractivity contribution < 1.29 is 0 Å². The molecule has 234 valence electrons. The van der Waals surface area contributed by atoms with E-state index < -0.39 is 0 Å². The fourth-order valence-electron chi connectivity index (χ4n) is 6.96. The molecule has 0 radical (unpaired) electrons. The van der Waals surface area contributed by atoms with Gasteiger partial charge in [0.2, 0.25) is 0 Å². The van der Waals surface area contributed by atoms with Crippen molar-refractivity contribution in [1.82, 2.24) is 4.57 Å². The third kappa shape index (κ3) is 4.87. The summed E-state index contributed by atoms with van der Waals surface area (Å²) in [5.41, 5.74) is 10.4. The SMILES string of the molecule is [C-]#[N+]c1ccc(N(c2ccc(C#N)cc2)c2cc(N3c4ccccc4Sc4ccccc43)cc(-n3c4ccccc4c4ccccc43)c2)cc1. The lowest BCUT2D eigenvalue weighted by molar-refractivity contribution is 1.13. The summed E-state index contributed by atoms with van der Waals surface area (Å²) in [5.74, 6) is 0. The summed E-state index contributed by atoms with van der Waals surface area (Å²) in [6.07, 6.45) is 0. The number of aromatic nitrogens is 1. The normalized spacial score (nSPS) is 11.8. The highest BCUT2D eigenvalue weighted by Crippen LogP contribution is 2.52. The highest BCUT2D eigenvalue weighted by atomic mass is 32.2. The van der Waals surface area contributed by atoms with Gasteiger partial charge in [0.25, 0.3) is 0 Å². The molecule has 9 rings (SSSR count). The molecule has 0 bridgehead atoms. The predicted molar refractivity (Wildman–Crippen MR) is 205 cm³/mol. The first kappa shape index (κ1) is 29.4. The zero-order chi connectivity index (χ0) is 33.6. The molecule has 0 saturated carbocycles. The number of hydrogen-bond donors (Lipinski definition) is 0. The molecule has 6 heteroatoms. The average molecular weight is 658 g/mol. The van der Waals surface area contributed by atoms with E-state index >= 15 is 0 Å². The Labute approximate surface area is 294 Å². The Morgan fingerprint density at radius 1 is 0.560 bits per heavy atom. The maximum Gasteiger partial charge on any atom is 0.187 e. The minimum atomic E-state index is 0.576. The summed E-state index contributed by atoms with van der Waals surface area (Å²) >= 11 is 1.79. The van der Waals surface area contributed by atoms with Crippen molar-refractivity contribution in [2.24, 2.45) is 0 Å². The number of rotatable bonds is 5. The van der Waals surface area contributed by atoms with E-state index in [1.165, 1.54) is 20.6 Å². The number of benzene rings is 7. The summed E-state index contributed by atoms with van der Waals surface area (Å²) in [5, 5.41) is 12.0. The van der Waals surface area contributed by atoms with Gasteiger partial charge in [-0.25, -0.2) is 4.85 Å². The van der Waals surface area contributed by atoms with Gasteiger partial charge in [-0.05, 0) is 91.0 Å². The van der Waals surface area contributed by atoms with Crippen molar-refractivity contribution in [1.29, 1.82) is 5.26 Å². The van der Waals surface area contributed by atoms with Gasteiger partial charge >= 0.3 is 0 Å². The second-order valence-electron chi connectivity index (χ2n) is 12.1. The quantitative estimate of drug-likeness (QED) is 0.173. The van der Waals surface area contributed by atoms with E-state index in [2.05, 4.69) is 141 Å². The molecule has 0 atom stereocenters. The van der Waals surface area contributed by atoms with Crippen molar-refractivity contribution in [3.63, 3.8) is 0 Å². The second-order valence-corrected chi connectivity index (χ2v) is 13.2. The number of hydrogen-bond acceptors (Lipinski definition) is 4. The van der Waals surface area contributed by atoms with E-state index in [1.807, 2.05) is 48.5 Å². The van der Waals surface area contributed by atoms with Crippen molar-refractivity contribution in [3.8, 4) is 11.8 Å². The second kappa shape index (κ2) is 12.1. The van der Waals surface area contributed by atoms with Crippen molar-refractivity contribution in [2.45, 2.75) is 9.79 Å². The van der Waals surface area contributed by atoms with Crippen LogP contribution in [0, 0.1) is 17.9 Å². The molecule has 0 spiro atoms. The maximum absolute atomic E-state index is 9.61. The minimum absolute atomic E-state index is 0.576. The van der Waals surface area contributed by atoms with E-state index in [4.69, 9.17) is 6.57 Å². The first-order valence-electron chi connectivity index (χ1n) is 16.3. The lowest BCUT2D eigenvalue weighted by Gasteiger charge is -2.34. The van der Waals surface area contributed by atoms with Crippen LogP contribution in [0.3, 0.4) is 0 Å². The summed E-state index contributed by atoms with van der Waals surface area (Å²) in [6, 6.07) is 58.6. The number of nitriles is 1. The Morgan fingerprint density at radius 2 is 1.08 bits per heavy atom. The van der Waals surface area contributed by atoms with Gasteiger partial charge in [-0.15, -0.1) is 0 Å². The number of para-hydroxylation sites is 4. The van der Waals surface area contributed by atoms with E-state index in [0.717, 1.165) is 50.8 Å². The van der Waals surface area contributed by atoms with Gasteiger partial charge < -0.3 is 14.4 Å². The van der Waals surface area contributed by atoms with Crippen LogP contribution in [0.2, 0.25) is 0 Å². The molecule has 8 aromatic rings. The Hall–Kier alpha value is -6.73. The standard InChI is InChI=1S/C44H27N5S/c1-46-31-20-24-33(25-21-31)47(32-22-18-30(29-45)19-23-32)34-26-35(48-39-12-4-2-10-37(39)38-11-3-5-13-40(38)48)28-36(27-34)49-41-14-6-8-16-43(41)50-44-17-9-7-15-42(44)49/h2-28H. The van der Waals surface area contributed by atoms with Crippen LogP contribution in [0.5, 0.6) is 0 Å². The van der Waals surface area contributed by atoms with Crippen LogP contribution in [-0.4, -0.2) is 4.57 Å². The average Bonchev–Trinajstić information content (AvgIpc) is 3.52. The Bertz CT molecular complexity index is 2500. The largest absolute Gasteiger partial charge is 0.310 e. The molecule has 0 saturated heterocycles. The van der Waals surface area contributed by atoms with Gasteiger partial charge in [0, 0.05) is 31.9 Å². The van der Waals surface area contributed by atoms with Crippen LogP contribution in [0.25, 0.3) is 32.3 Å².